The van der Waals surface area contributed by atoms with E-state index in [-0.39, 0.29) is 0 Å². The Morgan fingerprint density at radius 3 is 2.30 bits per heavy atom. The highest BCUT2D eigenvalue weighted by molar-refractivity contribution is 6.52. The summed E-state index contributed by atoms with van der Waals surface area (Å²) in [6.45, 7) is 7.60. The highest BCUT2D eigenvalue weighted by Crippen LogP contribution is 2.31. The minimum absolute atomic E-state index is 0.417. The summed E-state index contributed by atoms with van der Waals surface area (Å²) in [7, 11) is 0. The number of hydrogen-bond donors (Lipinski definition) is 0. The van der Waals surface area contributed by atoms with Crippen LogP contribution in [0.2, 0.25) is 0 Å². The lowest BCUT2D eigenvalue weighted by Gasteiger charge is -2.18. The van der Waals surface area contributed by atoms with Gasteiger partial charge < -0.3 is 0 Å². The SMILES string of the molecule is CC1=C(C)c2nc3c(C)c(C)ccc3cc2C(=O)C1=O. The molecular weight excluding hydrogens is 250 g/mol. The van der Waals surface area contributed by atoms with Gasteiger partial charge in [0, 0.05) is 11.0 Å². The van der Waals surface area contributed by atoms with E-state index in [0.29, 0.717) is 16.8 Å². The van der Waals surface area contributed by atoms with Gasteiger partial charge in [-0.3, -0.25) is 9.59 Å². The predicted molar refractivity (Wildman–Crippen MR) is 78.8 cm³/mol. The van der Waals surface area contributed by atoms with Crippen LogP contribution in [-0.4, -0.2) is 16.6 Å². The van der Waals surface area contributed by atoms with Gasteiger partial charge in [-0.2, -0.15) is 0 Å². The number of rotatable bonds is 0. The van der Waals surface area contributed by atoms with Crippen LogP contribution in [0.15, 0.2) is 23.8 Å². The lowest BCUT2D eigenvalue weighted by molar-refractivity contribution is -0.111. The summed E-state index contributed by atoms with van der Waals surface area (Å²) in [6, 6.07) is 5.75. The Bertz CT molecular complexity index is 828. The third-order valence-electron chi connectivity index (χ3n) is 4.22. The van der Waals surface area contributed by atoms with Crippen LogP contribution in [0.25, 0.3) is 16.5 Å². The van der Waals surface area contributed by atoms with Crippen LogP contribution in [0.4, 0.5) is 0 Å². The summed E-state index contributed by atoms with van der Waals surface area (Å²) < 4.78 is 0. The monoisotopic (exact) mass is 265 g/mol. The fourth-order valence-electron chi connectivity index (χ4n) is 2.58. The fourth-order valence-corrected chi connectivity index (χ4v) is 2.58. The molecule has 3 nitrogen and oxygen atoms in total. The molecular formula is C17H15NO2. The van der Waals surface area contributed by atoms with Crippen molar-refractivity contribution in [3.63, 3.8) is 0 Å². The maximum Gasteiger partial charge on any atom is 0.235 e. The minimum Gasteiger partial charge on any atom is -0.285 e. The topological polar surface area (TPSA) is 47.0 Å². The number of aryl methyl sites for hydroxylation is 2. The van der Waals surface area contributed by atoms with E-state index in [1.54, 1.807) is 13.0 Å². The van der Waals surface area contributed by atoms with E-state index < -0.39 is 11.6 Å². The lowest BCUT2D eigenvalue weighted by atomic mass is 9.87. The van der Waals surface area contributed by atoms with Crippen molar-refractivity contribution in [2.75, 3.05) is 0 Å². The summed E-state index contributed by atoms with van der Waals surface area (Å²) in [6.07, 6.45) is 0. The molecule has 0 spiro atoms. The largest absolute Gasteiger partial charge is 0.285 e. The first-order valence-corrected chi connectivity index (χ1v) is 6.59. The number of hydrogen-bond acceptors (Lipinski definition) is 3. The average molecular weight is 265 g/mol. The van der Waals surface area contributed by atoms with Crippen LogP contribution in [0.3, 0.4) is 0 Å². The number of pyridine rings is 1. The molecule has 0 saturated heterocycles. The number of carbonyl (C=O) groups excluding carboxylic acids is 2. The maximum absolute atomic E-state index is 12.1. The molecule has 20 heavy (non-hydrogen) atoms. The molecule has 3 rings (SSSR count). The molecule has 0 saturated carbocycles. The highest BCUT2D eigenvalue weighted by atomic mass is 16.2. The summed E-state index contributed by atoms with van der Waals surface area (Å²) in [5, 5.41) is 0.903. The van der Waals surface area contributed by atoms with E-state index in [4.69, 9.17) is 0 Å². The zero-order valence-electron chi connectivity index (χ0n) is 12.0. The molecule has 0 bridgehead atoms. The Morgan fingerprint density at radius 2 is 1.60 bits per heavy atom. The molecule has 0 fully saturated rings. The zero-order valence-corrected chi connectivity index (χ0v) is 12.0. The number of aromatic nitrogens is 1. The molecule has 0 aliphatic heterocycles. The number of nitrogens with zero attached hydrogens (tertiary/aromatic N) is 1. The van der Waals surface area contributed by atoms with E-state index >= 15 is 0 Å². The molecule has 100 valence electrons. The first kappa shape index (κ1) is 12.7. The quantitative estimate of drug-likeness (QED) is 0.686. The van der Waals surface area contributed by atoms with Gasteiger partial charge in [0.25, 0.3) is 0 Å². The third kappa shape index (κ3) is 1.56. The average Bonchev–Trinajstić information content (AvgIpc) is 2.45. The van der Waals surface area contributed by atoms with Crippen molar-refractivity contribution >= 4 is 28.0 Å². The smallest absolute Gasteiger partial charge is 0.235 e. The molecule has 0 N–H and O–H groups in total. The molecule has 1 aliphatic carbocycles. The van der Waals surface area contributed by atoms with Crippen LogP contribution >= 0.6 is 0 Å². The number of Topliss-reactive ketones (excluding diaryl/α,β-unsaturated/α-hetero) is 2. The van der Waals surface area contributed by atoms with Gasteiger partial charge in [-0.15, -0.1) is 0 Å². The Morgan fingerprint density at radius 1 is 0.900 bits per heavy atom. The van der Waals surface area contributed by atoms with Gasteiger partial charge in [0.2, 0.25) is 11.6 Å². The highest BCUT2D eigenvalue weighted by Gasteiger charge is 2.30. The van der Waals surface area contributed by atoms with E-state index in [9.17, 15) is 9.59 Å². The molecule has 0 radical (unpaired) electrons. The molecule has 3 heteroatoms. The molecule has 0 amide bonds. The van der Waals surface area contributed by atoms with Crippen molar-refractivity contribution in [3.05, 3.63) is 46.2 Å². The van der Waals surface area contributed by atoms with Crippen molar-refractivity contribution in [3.8, 4) is 0 Å². The van der Waals surface area contributed by atoms with Gasteiger partial charge in [0.1, 0.15) is 0 Å². The van der Waals surface area contributed by atoms with Crippen molar-refractivity contribution in [1.82, 2.24) is 4.98 Å². The molecule has 0 atom stereocenters. The van der Waals surface area contributed by atoms with Gasteiger partial charge in [-0.25, -0.2) is 4.98 Å². The van der Waals surface area contributed by atoms with Crippen LogP contribution in [0.5, 0.6) is 0 Å². The molecule has 1 aliphatic rings. The van der Waals surface area contributed by atoms with Gasteiger partial charge in [-0.05, 0) is 50.5 Å². The first-order valence-electron chi connectivity index (χ1n) is 6.59. The van der Waals surface area contributed by atoms with Crippen molar-refractivity contribution in [2.24, 2.45) is 0 Å². The summed E-state index contributed by atoms with van der Waals surface area (Å²) >= 11 is 0. The van der Waals surface area contributed by atoms with Crippen molar-refractivity contribution in [1.29, 1.82) is 0 Å². The predicted octanol–water partition coefficient (Wildman–Crippen LogP) is 3.41. The number of carbonyl (C=O) groups is 2. The van der Waals surface area contributed by atoms with Gasteiger partial charge in [0.15, 0.2) is 0 Å². The Kier molecular flexibility index (Phi) is 2.61. The van der Waals surface area contributed by atoms with Crippen molar-refractivity contribution in [2.45, 2.75) is 27.7 Å². The number of fused-ring (bicyclic) bond motifs is 2. The molecule has 1 aromatic carbocycles. The van der Waals surface area contributed by atoms with Crippen LogP contribution in [0, 0.1) is 13.8 Å². The zero-order chi connectivity index (χ0) is 14.6. The number of ketones is 2. The Balaban J connectivity index is 2.45. The summed E-state index contributed by atoms with van der Waals surface area (Å²) in [5.41, 5.74) is 5.55. The van der Waals surface area contributed by atoms with Gasteiger partial charge in [0.05, 0.1) is 16.8 Å². The normalized spacial score (nSPS) is 15.0. The number of benzene rings is 1. The molecule has 1 heterocycles. The fraction of sp³-hybridized carbons (Fsp3) is 0.235. The first-order chi connectivity index (χ1) is 9.41. The second-order valence-electron chi connectivity index (χ2n) is 5.37. The molecule has 2 aromatic rings. The van der Waals surface area contributed by atoms with E-state index in [1.807, 2.05) is 32.9 Å². The van der Waals surface area contributed by atoms with E-state index in [2.05, 4.69) is 4.98 Å². The minimum atomic E-state index is -0.448. The van der Waals surface area contributed by atoms with Crippen LogP contribution in [0.1, 0.15) is 41.0 Å². The summed E-state index contributed by atoms with van der Waals surface area (Å²) in [4.78, 5) is 28.7. The standard InChI is InChI=1S/C17H15NO2/c1-8-5-6-12-7-13-15(18-14(12)9(8)2)10(3)11(4)16(19)17(13)20/h5-7H,1-4H3. The molecule has 0 unspecified atom stereocenters. The second kappa shape index (κ2) is 4.10. The number of allylic oxidation sites excluding steroid dienone is 2. The van der Waals surface area contributed by atoms with Gasteiger partial charge in [-0.1, -0.05) is 12.1 Å². The third-order valence-corrected chi connectivity index (χ3v) is 4.22. The van der Waals surface area contributed by atoms with Crippen LogP contribution in [-0.2, 0) is 4.79 Å². The van der Waals surface area contributed by atoms with E-state index in [1.165, 1.54) is 5.56 Å². The Labute approximate surface area is 117 Å². The Hall–Kier alpha value is -2.29. The van der Waals surface area contributed by atoms with E-state index in [0.717, 1.165) is 22.0 Å². The van der Waals surface area contributed by atoms with Crippen molar-refractivity contribution < 1.29 is 9.59 Å². The second-order valence-corrected chi connectivity index (χ2v) is 5.37. The van der Waals surface area contributed by atoms with Crippen LogP contribution < -0.4 is 0 Å². The summed E-state index contributed by atoms with van der Waals surface area (Å²) in [5.74, 6) is -0.865. The lowest BCUT2D eigenvalue weighted by Crippen LogP contribution is -2.23. The molecule has 1 aromatic heterocycles. The maximum atomic E-state index is 12.1. The van der Waals surface area contributed by atoms with Gasteiger partial charge >= 0.3 is 0 Å².